The van der Waals surface area contributed by atoms with Crippen LogP contribution in [-0.2, 0) is 23.9 Å². The first kappa shape index (κ1) is 34.8. The molecule has 0 aromatic rings. The van der Waals surface area contributed by atoms with Crippen molar-refractivity contribution in [1.29, 1.82) is 0 Å². The highest BCUT2D eigenvalue weighted by atomic mass is 35.5. The lowest BCUT2D eigenvalue weighted by molar-refractivity contribution is -0.147. The van der Waals surface area contributed by atoms with Crippen molar-refractivity contribution in [2.24, 2.45) is 11.8 Å². The number of carbonyl (C=O) groups excluding carboxylic acids is 3. The summed E-state index contributed by atoms with van der Waals surface area (Å²) in [5.74, 6) is -1.83. The lowest BCUT2D eigenvalue weighted by Crippen LogP contribution is -2.51. The Morgan fingerprint density at radius 3 is 2.33 bits per heavy atom. The van der Waals surface area contributed by atoms with E-state index < -0.39 is 5.97 Å². The third-order valence-corrected chi connectivity index (χ3v) is 9.79. The SMILES string of the molecule is COC1CCCC(C(=O)N(CCC(=O)O)CC(=O)N(CCC(C)C)CC(=O)NC2CCC(N3CNC(Cl)C3Cl)CC2)C1. The van der Waals surface area contributed by atoms with Gasteiger partial charge in [-0.3, -0.25) is 29.4 Å². The monoisotopic (exact) mass is 633 g/mol. The summed E-state index contributed by atoms with van der Waals surface area (Å²) in [6.07, 6.45) is 6.79. The molecule has 0 bridgehead atoms. The molecule has 0 aromatic heterocycles. The Morgan fingerprint density at radius 1 is 1.02 bits per heavy atom. The summed E-state index contributed by atoms with van der Waals surface area (Å²) in [5, 5.41) is 15.5. The van der Waals surface area contributed by atoms with E-state index >= 15 is 0 Å². The molecule has 3 amide bonds. The second-order valence-corrected chi connectivity index (χ2v) is 13.3. The van der Waals surface area contributed by atoms with Crippen LogP contribution in [0.2, 0.25) is 0 Å². The van der Waals surface area contributed by atoms with Crippen molar-refractivity contribution in [3.8, 4) is 0 Å². The lowest BCUT2D eigenvalue weighted by atomic mass is 9.86. The van der Waals surface area contributed by atoms with Crippen LogP contribution < -0.4 is 10.6 Å². The van der Waals surface area contributed by atoms with E-state index in [0.29, 0.717) is 44.4 Å². The van der Waals surface area contributed by atoms with E-state index in [1.807, 2.05) is 13.8 Å². The highest BCUT2D eigenvalue weighted by molar-refractivity contribution is 6.29. The van der Waals surface area contributed by atoms with E-state index in [4.69, 9.17) is 27.9 Å². The second-order valence-electron chi connectivity index (χ2n) is 12.3. The Labute approximate surface area is 259 Å². The minimum atomic E-state index is -1.03. The number of hydrogen-bond acceptors (Lipinski definition) is 7. The zero-order valence-electron chi connectivity index (χ0n) is 25.2. The maximum Gasteiger partial charge on any atom is 0.305 e. The smallest absolute Gasteiger partial charge is 0.305 e. The van der Waals surface area contributed by atoms with Gasteiger partial charge < -0.3 is 25.0 Å². The van der Waals surface area contributed by atoms with Gasteiger partial charge in [-0.15, -0.1) is 23.2 Å². The van der Waals surface area contributed by atoms with Gasteiger partial charge in [-0.2, -0.15) is 0 Å². The molecule has 3 fully saturated rings. The number of nitrogens with zero attached hydrogens (tertiary/aromatic N) is 3. The Morgan fingerprint density at radius 2 is 1.74 bits per heavy atom. The minimum absolute atomic E-state index is 0.0145. The zero-order chi connectivity index (χ0) is 30.8. The number of carbonyl (C=O) groups is 4. The summed E-state index contributed by atoms with van der Waals surface area (Å²) in [6, 6.07) is 0.319. The number of carboxylic acid groups (broad SMARTS) is 1. The lowest BCUT2D eigenvalue weighted by Gasteiger charge is -2.36. The van der Waals surface area contributed by atoms with Crippen LogP contribution in [-0.4, -0.2) is 113 Å². The largest absolute Gasteiger partial charge is 0.481 e. The van der Waals surface area contributed by atoms with Crippen LogP contribution in [0.15, 0.2) is 0 Å². The van der Waals surface area contributed by atoms with Crippen molar-refractivity contribution in [2.75, 3.05) is 40.0 Å². The fourth-order valence-electron chi connectivity index (χ4n) is 6.18. The summed E-state index contributed by atoms with van der Waals surface area (Å²) < 4.78 is 5.47. The maximum atomic E-state index is 13.5. The van der Waals surface area contributed by atoms with Crippen molar-refractivity contribution in [2.45, 2.75) is 107 Å². The number of nitrogens with one attached hydrogen (secondary N) is 2. The molecule has 4 unspecified atom stereocenters. The highest BCUT2D eigenvalue weighted by Crippen LogP contribution is 2.30. The molecule has 4 atom stereocenters. The van der Waals surface area contributed by atoms with Crippen LogP contribution >= 0.6 is 23.2 Å². The molecule has 1 saturated heterocycles. The molecule has 3 aliphatic rings. The van der Waals surface area contributed by atoms with E-state index in [9.17, 15) is 24.3 Å². The van der Waals surface area contributed by atoms with Crippen LogP contribution in [0.3, 0.4) is 0 Å². The van der Waals surface area contributed by atoms with Gasteiger partial charge in [0.25, 0.3) is 0 Å². The van der Waals surface area contributed by atoms with Crippen LogP contribution in [0.5, 0.6) is 0 Å². The van der Waals surface area contributed by atoms with Crippen molar-refractivity contribution >= 4 is 46.9 Å². The minimum Gasteiger partial charge on any atom is -0.481 e. The van der Waals surface area contributed by atoms with Gasteiger partial charge in [0.2, 0.25) is 17.7 Å². The number of halogens is 2. The molecule has 13 heteroatoms. The van der Waals surface area contributed by atoms with Gasteiger partial charge in [0.1, 0.15) is 11.0 Å². The van der Waals surface area contributed by atoms with E-state index in [1.54, 1.807) is 7.11 Å². The van der Waals surface area contributed by atoms with E-state index in [1.165, 1.54) is 9.80 Å². The zero-order valence-corrected chi connectivity index (χ0v) is 26.7. The third-order valence-electron chi connectivity index (χ3n) is 8.76. The number of ether oxygens (including phenoxy) is 1. The molecule has 0 radical (unpaired) electrons. The van der Waals surface area contributed by atoms with Crippen LogP contribution in [0.4, 0.5) is 0 Å². The number of amides is 3. The van der Waals surface area contributed by atoms with E-state index in [-0.39, 0.29) is 72.8 Å². The average molecular weight is 635 g/mol. The standard InChI is InChI=1S/C29H49Cl2N5O6/c1-19(2)11-13-34(16-24(37)33-21-7-9-22(10-8-21)36-18-32-27(30)28(36)31)25(38)17-35(14-12-26(39)40)29(41)20-5-4-6-23(15-20)42-3/h19-23,27-28,32H,4-18H2,1-3H3,(H,33,37)(H,39,40). The molecule has 240 valence electrons. The number of hydrogen-bond donors (Lipinski definition) is 3. The van der Waals surface area contributed by atoms with Gasteiger partial charge in [-0.25, -0.2) is 0 Å². The summed E-state index contributed by atoms with van der Waals surface area (Å²) in [4.78, 5) is 56.5. The molecule has 1 heterocycles. The van der Waals surface area contributed by atoms with Gasteiger partial charge >= 0.3 is 5.97 Å². The summed E-state index contributed by atoms with van der Waals surface area (Å²) >= 11 is 12.6. The van der Waals surface area contributed by atoms with Crippen LogP contribution in [0, 0.1) is 11.8 Å². The summed E-state index contributed by atoms with van der Waals surface area (Å²) in [7, 11) is 1.63. The van der Waals surface area contributed by atoms with Crippen LogP contribution in [0.1, 0.15) is 78.1 Å². The van der Waals surface area contributed by atoms with Crippen molar-refractivity contribution in [3.05, 3.63) is 0 Å². The first-order chi connectivity index (χ1) is 20.0. The fraction of sp³-hybridized carbons (Fsp3) is 0.862. The molecule has 42 heavy (non-hydrogen) atoms. The Balaban J connectivity index is 1.58. The number of alkyl halides is 2. The molecule has 3 N–H and O–H groups in total. The quantitative estimate of drug-likeness (QED) is 0.197. The molecule has 0 aromatic carbocycles. The first-order valence-corrected chi connectivity index (χ1v) is 16.2. The van der Waals surface area contributed by atoms with Gasteiger partial charge in [0.05, 0.1) is 32.3 Å². The molecule has 0 spiro atoms. The number of carboxylic acids is 1. The summed E-state index contributed by atoms with van der Waals surface area (Å²) in [5.41, 5.74) is -0.538. The number of aliphatic carboxylic acids is 1. The van der Waals surface area contributed by atoms with Gasteiger partial charge in [-0.05, 0) is 57.3 Å². The molecular formula is C29H49Cl2N5O6. The molecule has 11 nitrogen and oxygen atoms in total. The molecule has 1 aliphatic heterocycles. The average Bonchev–Trinajstić information content (AvgIpc) is 3.30. The highest BCUT2D eigenvalue weighted by Gasteiger charge is 2.37. The fourth-order valence-corrected chi connectivity index (χ4v) is 6.71. The van der Waals surface area contributed by atoms with Gasteiger partial charge in [-0.1, -0.05) is 20.3 Å². The topological polar surface area (TPSA) is 132 Å². The molecular weight excluding hydrogens is 585 g/mol. The number of rotatable bonds is 14. The summed E-state index contributed by atoms with van der Waals surface area (Å²) in [6.45, 7) is 4.72. The Hall–Kier alpha value is -1.66. The van der Waals surface area contributed by atoms with Gasteiger partial charge in [0.15, 0.2) is 0 Å². The van der Waals surface area contributed by atoms with Gasteiger partial charge in [0, 0.05) is 38.2 Å². The van der Waals surface area contributed by atoms with E-state index in [0.717, 1.165) is 38.5 Å². The van der Waals surface area contributed by atoms with Crippen molar-refractivity contribution in [3.63, 3.8) is 0 Å². The predicted molar refractivity (Wildman–Crippen MR) is 161 cm³/mol. The third kappa shape index (κ3) is 10.5. The molecule has 2 saturated carbocycles. The molecule has 3 rings (SSSR count). The van der Waals surface area contributed by atoms with E-state index in [2.05, 4.69) is 15.5 Å². The second kappa shape index (κ2) is 17.0. The Bertz CT molecular complexity index is 919. The Kier molecular flexibility index (Phi) is 14.1. The molecule has 2 aliphatic carbocycles. The number of methoxy groups -OCH3 is 1. The predicted octanol–water partition coefficient (Wildman–Crippen LogP) is 2.79. The van der Waals surface area contributed by atoms with Crippen molar-refractivity contribution < 1.29 is 29.0 Å². The van der Waals surface area contributed by atoms with Crippen molar-refractivity contribution in [1.82, 2.24) is 25.3 Å². The maximum absolute atomic E-state index is 13.5. The normalized spacial score (nSPS) is 28.4. The van der Waals surface area contributed by atoms with Crippen LogP contribution in [0.25, 0.3) is 0 Å². The first-order valence-electron chi connectivity index (χ1n) is 15.4.